The number of halogens is 1. The Balaban J connectivity index is 1.19. The van der Waals surface area contributed by atoms with Crippen LogP contribution < -0.4 is 5.32 Å². The molecule has 7 heteroatoms. The number of hydrogen-bond acceptors (Lipinski definition) is 5. The van der Waals surface area contributed by atoms with Crippen molar-refractivity contribution >= 4 is 39.5 Å². The molecule has 1 saturated heterocycles. The van der Waals surface area contributed by atoms with Gasteiger partial charge in [0.05, 0.1) is 28.8 Å². The maximum absolute atomic E-state index is 13.0. The lowest BCUT2D eigenvalue weighted by Crippen LogP contribution is -2.40. The molecule has 3 aliphatic rings. The topological polar surface area (TPSA) is 81.7 Å². The van der Waals surface area contributed by atoms with Gasteiger partial charge in [0, 0.05) is 11.6 Å². The number of nitrogens with one attached hydrogen (secondary N) is 1. The van der Waals surface area contributed by atoms with Crippen molar-refractivity contribution in [2.24, 2.45) is 23.7 Å². The molecule has 6 nitrogen and oxygen atoms in total. The number of amides is 1. The van der Waals surface area contributed by atoms with Crippen molar-refractivity contribution in [2.45, 2.75) is 75.6 Å². The van der Waals surface area contributed by atoms with Crippen molar-refractivity contribution in [3.8, 4) is 0 Å². The molecule has 0 aromatic heterocycles. The number of ether oxygens (including phenoxy) is 2. The number of unbranched alkanes of at least 4 members (excludes halogenated alkanes) is 7. The first-order valence-electron chi connectivity index (χ1n) is 12.4. The largest absolute Gasteiger partial charge is 0.462 e. The van der Waals surface area contributed by atoms with Gasteiger partial charge in [-0.05, 0) is 43.0 Å². The number of esters is 2. The van der Waals surface area contributed by atoms with E-state index in [1.807, 2.05) is 0 Å². The molecule has 3 fully saturated rings. The number of carbonyl (C=O) groups is 3. The number of fused-ring (bicyclic) bond motifs is 1. The molecule has 1 N–H and O–H groups in total. The molecule has 0 spiro atoms. The Bertz CT molecular complexity index is 857. The second-order valence-electron chi connectivity index (χ2n) is 9.64. The zero-order chi connectivity index (χ0) is 23.4. The van der Waals surface area contributed by atoms with Crippen LogP contribution in [-0.2, 0) is 19.1 Å². The minimum Gasteiger partial charge on any atom is -0.462 e. The number of anilines is 1. The van der Waals surface area contributed by atoms with Crippen molar-refractivity contribution in [1.29, 1.82) is 0 Å². The van der Waals surface area contributed by atoms with Crippen molar-refractivity contribution in [3.05, 3.63) is 29.8 Å². The van der Waals surface area contributed by atoms with E-state index in [1.54, 1.807) is 24.3 Å². The van der Waals surface area contributed by atoms with Crippen LogP contribution in [0.25, 0.3) is 0 Å². The van der Waals surface area contributed by atoms with Crippen molar-refractivity contribution in [2.75, 3.05) is 11.9 Å². The quantitative estimate of drug-likeness (QED) is 0.224. The smallest absolute Gasteiger partial charge is 0.338 e. The average molecular weight is 520 g/mol. The Kier molecular flexibility index (Phi) is 8.10. The van der Waals surface area contributed by atoms with Crippen LogP contribution in [0.3, 0.4) is 0 Å². The van der Waals surface area contributed by atoms with E-state index in [1.165, 1.54) is 38.5 Å². The summed E-state index contributed by atoms with van der Waals surface area (Å²) in [6.07, 6.45) is 10.3. The first kappa shape index (κ1) is 24.2. The Morgan fingerprint density at radius 1 is 1.03 bits per heavy atom. The van der Waals surface area contributed by atoms with Gasteiger partial charge in [-0.3, -0.25) is 9.59 Å². The second-order valence-corrected chi connectivity index (χ2v) is 10.7. The first-order chi connectivity index (χ1) is 16.0. The van der Waals surface area contributed by atoms with E-state index in [9.17, 15) is 14.4 Å². The van der Waals surface area contributed by atoms with Crippen LogP contribution >= 0.6 is 15.9 Å². The molecule has 2 aliphatic carbocycles. The molecule has 6 atom stereocenters. The summed E-state index contributed by atoms with van der Waals surface area (Å²) in [7, 11) is 0. The second kappa shape index (κ2) is 11.0. The van der Waals surface area contributed by atoms with Crippen LogP contribution in [0.5, 0.6) is 0 Å². The normalized spacial score (nSPS) is 29.2. The zero-order valence-electron chi connectivity index (χ0n) is 19.3. The van der Waals surface area contributed by atoms with Gasteiger partial charge in [-0.2, -0.15) is 0 Å². The summed E-state index contributed by atoms with van der Waals surface area (Å²) in [6.45, 7) is 2.65. The molecular weight excluding hydrogens is 486 g/mol. The summed E-state index contributed by atoms with van der Waals surface area (Å²) in [4.78, 5) is 37.5. The van der Waals surface area contributed by atoms with Gasteiger partial charge >= 0.3 is 11.9 Å². The zero-order valence-corrected chi connectivity index (χ0v) is 20.8. The molecule has 0 radical (unpaired) electrons. The van der Waals surface area contributed by atoms with Gasteiger partial charge in [-0.25, -0.2) is 4.79 Å². The van der Waals surface area contributed by atoms with Crippen molar-refractivity contribution in [1.82, 2.24) is 0 Å². The summed E-state index contributed by atoms with van der Waals surface area (Å²) < 4.78 is 10.9. The Morgan fingerprint density at radius 2 is 1.70 bits per heavy atom. The van der Waals surface area contributed by atoms with Crippen LogP contribution in [0.15, 0.2) is 24.3 Å². The maximum Gasteiger partial charge on any atom is 0.338 e. The van der Waals surface area contributed by atoms with Crippen molar-refractivity contribution in [3.63, 3.8) is 0 Å². The van der Waals surface area contributed by atoms with Crippen LogP contribution in [0.2, 0.25) is 0 Å². The van der Waals surface area contributed by atoms with Crippen LogP contribution in [0, 0.1) is 23.7 Å². The summed E-state index contributed by atoms with van der Waals surface area (Å²) >= 11 is 3.63. The summed E-state index contributed by atoms with van der Waals surface area (Å²) in [5.74, 6) is -1.20. The molecule has 180 valence electrons. The highest BCUT2D eigenvalue weighted by Gasteiger charge is 2.67. The maximum atomic E-state index is 13.0. The number of rotatable bonds is 12. The highest BCUT2D eigenvalue weighted by atomic mass is 79.9. The fourth-order valence-electron chi connectivity index (χ4n) is 5.73. The van der Waals surface area contributed by atoms with E-state index in [-0.39, 0.29) is 52.4 Å². The van der Waals surface area contributed by atoms with Gasteiger partial charge in [-0.1, -0.05) is 67.8 Å². The van der Waals surface area contributed by atoms with Gasteiger partial charge < -0.3 is 14.8 Å². The predicted octanol–water partition coefficient (Wildman–Crippen LogP) is 5.49. The minimum atomic E-state index is -0.373. The Labute approximate surface area is 204 Å². The number of hydrogen-bond donors (Lipinski definition) is 1. The third kappa shape index (κ3) is 5.28. The van der Waals surface area contributed by atoms with E-state index < -0.39 is 0 Å². The lowest BCUT2D eigenvalue weighted by atomic mass is 9.79. The summed E-state index contributed by atoms with van der Waals surface area (Å²) in [6, 6.07) is 6.75. The minimum absolute atomic E-state index is 0.0409. The highest BCUT2D eigenvalue weighted by Crippen LogP contribution is 2.60. The third-order valence-electron chi connectivity index (χ3n) is 7.44. The Morgan fingerprint density at radius 3 is 2.39 bits per heavy atom. The molecule has 1 amide bonds. The standard InChI is InChI=1S/C26H34BrNO5/c1-2-3-4-5-6-7-8-9-14-32-25(30)16-10-12-17(13-11-16)28-24(29)20-18-15-19-21(20)26(31)33-23(19)22(18)27/h10-13,18-23H,2-9,14-15H2,1H3,(H,28,29)/t18-,19-,20-,21-,22+,23+/m1/s1. The molecule has 1 aromatic rings. The summed E-state index contributed by atoms with van der Waals surface area (Å²) in [5.41, 5.74) is 1.08. The summed E-state index contributed by atoms with van der Waals surface area (Å²) in [5, 5.41) is 2.92. The molecule has 0 unspecified atom stereocenters. The van der Waals surface area contributed by atoms with E-state index in [2.05, 4.69) is 28.2 Å². The molecular formula is C26H34BrNO5. The number of benzene rings is 1. The van der Waals surface area contributed by atoms with Gasteiger partial charge in [-0.15, -0.1) is 0 Å². The lowest BCUT2D eigenvalue weighted by Gasteiger charge is -2.27. The van der Waals surface area contributed by atoms with E-state index in [4.69, 9.17) is 9.47 Å². The Hall–Kier alpha value is -1.89. The molecule has 1 aromatic carbocycles. The highest BCUT2D eigenvalue weighted by molar-refractivity contribution is 9.09. The molecule has 4 rings (SSSR count). The molecule has 2 bridgehead atoms. The lowest BCUT2D eigenvalue weighted by molar-refractivity contribution is -0.145. The number of carbonyl (C=O) groups excluding carboxylic acids is 3. The van der Waals surface area contributed by atoms with Gasteiger partial charge in [0.15, 0.2) is 0 Å². The SMILES string of the molecule is CCCCCCCCCCOC(=O)c1ccc(NC(=O)[C@@H]2[C@H]3C[C@H]4[C@H](OC(=O)[C@H]42)[C@H]3Br)cc1. The fraction of sp³-hybridized carbons (Fsp3) is 0.654. The first-order valence-corrected chi connectivity index (χ1v) is 13.4. The van der Waals surface area contributed by atoms with E-state index in [0.29, 0.717) is 17.9 Å². The van der Waals surface area contributed by atoms with Gasteiger partial charge in [0.2, 0.25) is 5.91 Å². The molecule has 1 heterocycles. The fourth-order valence-corrected chi connectivity index (χ4v) is 6.77. The predicted molar refractivity (Wildman–Crippen MR) is 129 cm³/mol. The molecule has 1 aliphatic heterocycles. The van der Waals surface area contributed by atoms with Crippen molar-refractivity contribution < 1.29 is 23.9 Å². The van der Waals surface area contributed by atoms with Gasteiger partial charge in [0.1, 0.15) is 6.10 Å². The van der Waals surface area contributed by atoms with Crippen LogP contribution in [0.4, 0.5) is 5.69 Å². The van der Waals surface area contributed by atoms with Crippen LogP contribution in [-0.4, -0.2) is 35.4 Å². The third-order valence-corrected chi connectivity index (χ3v) is 8.65. The number of alkyl halides is 1. The molecule has 33 heavy (non-hydrogen) atoms. The van der Waals surface area contributed by atoms with Gasteiger partial charge in [0.25, 0.3) is 0 Å². The molecule has 2 saturated carbocycles. The van der Waals surface area contributed by atoms with Crippen LogP contribution in [0.1, 0.15) is 75.1 Å². The monoisotopic (exact) mass is 519 g/mol. The van der Waals surface area contributed by atoms with E-state index >= 15 is 0 Å². The average Bonchev–Trinajstić information content (AvgIpc) is 3.42. The van der Waals surface area contributed by atoms with E-state index in [0.717, 1.165) is 19.3 Å².